The second-order valence-electron chi connectivity index (χ2n) is 6.89. The predicted molar refractivity (Wildman–Crippen MR) is 116 cm³/mol. The normalized spacial score (nSPS) is 16.6. The summed E-state index contributed by atoms with van der Waals surface area (Å²) in [4.78, 5) is 15.3. The number of sulfone groups is 1. The first-order valence-corrected chi connectivity index (χ1v) is 10.6. The number of nitrogens with one attached hydrogen (secondary N) is 1. The van der Waals surface area contributed by atoms with Gasteiger partial charge in [-0.05, 0) is 43.5 Å². The van der Waals surface area contributed by atoms with Crippen LogP contribution in [-0.4, -0.2) is 49.8 Å². The number of rotatable bonds is 5. The Labute approximate surface area is 179 Å². The van der Waals surface area contributed by atoms with Crippen LogP contribution in [0.2, 0.25) is 0 Å². The number of pyridine rings is 1. The van der Waals surface area contributed by atoms with Gasteiger partial charge in [0.05, 0.1) is 11.9 Å². The quantitative estimate of drug-likeness (QED) is 0.752. The van der Waals surface area contributed by atoms with Crippen LogP contribution in [0.3, 0.4) is 0 Å². The third kappa shape index (κ3) is 5.76. The Morgan fingerprint density at radius 1 is 1.29 bits per heavy atom. The number of aryl methyl sites for hydroxylation is 1. The van der Waals surface area contributed by atoms with Gasteiger partial charge in [0.1, 0.15) is 4.90 Å². The Morgan fingerprint density at radius 2 is 2.04 bits per heavy atom. The van der Waals surface area contributed by atoms with Crippen molar-refractivity contribution < 1.29 is 8.42 Å². The number of hydrogen-bond acceptors (Lipinski definition) is 7. The zero-order valence-electron chi connectivity index (χ0n) is 16.3. The molecule has 0 saturated carbocycles. The van der Waals surface area contributed by atoms with E-state index < -0.39 is 9.84 Å². The molecule has 1 N–H and O–H groups in total. The van der Waals surface area contributed by atoms with Gasteiger partial charge in [-0.2, -0.15) is 0 Å². The molecule has 1 aliphatic rings. The zero-order chi connectivity index (χ0) is 18.7. The van der Waals surface area contributed by atoms with Gasteiger partial charge in [0, 0.05) is 44.7 Å². The van der Waals surface area contributed by atoms with Crippen molar-refractivity contribution in [3.8, 4) is 0 Å². The molecule has 156 valence electrons. The molecule has 7 nitrogen and oxygen atoms in total. The number of piperidine rings is 1. The van der Waals surface area contributed by atoms with Gasteiger partial charge in [-0.1, -0.05) is 0 Å². The van der Waals surface area contributed by atoms with E-state index in [-0.39, 0.29) is 35.6 Å². The first-order chi connectivity index (χ1) is 12.4. The number of anilines is 1. The summed E-state index contributed by atoms with van der Waals surface area (Å²) < 4.78 is 24.4. The fourth-order valence-electron chi connectivity index (χ4n) is 3.23. The van der Waals surface area contributed by atoms with Crippen LogP contribution in [0, 0.1) is 6.92 Å². The van der Waals surface area contributed by atoms with Crippen LogP contribution in [0.15, 0.2) is 29.6 Å². The van der Waals surface area contributed by atoms with Crippen LogP contribution in [0.1, 0.15) is 35.6 Å². The van der Waals surface area contributed by atoms with E-state index in [9.17, 15) is 8.42 Å². The average molecular weight is 448 g/mol. The maximum atomic E-state index is 12.2. The van der Waals surface area contributed by atoms with Crippen LogP contribution in [0.25, 0.3) is 0 Å². The SMILES string of the molecule is Cc1cnccc1CN(C)c1ncc(S(C)(=O)=O)c(C2CCCNC2)n1.Cl.Cl. The monoisotopic (exact) mass is 447 g/mol. The van der Waals surface area contributed by atoms with E-state index in [1.807, 2.05) is 31.1 Å². The minimum Gasteiger partial charge on any atom is -0.340 e. The molecule has 1 aliphatic heterocycles. The molecular formula is C18H27Cl2N5O2S. The minimum absolute atomic E-state index is 0. The molecule has 1 atom stereocenters. The maximum Gasteiger partial charge on any atom is 0.225 e. The number of halogens is 2. The standard InChI is InChI=1S/C18H25N5O2S.2ClH/c1-13-9-20-8-6-15(13)12-23(2)18-21-11-16(26(3,24)25)17(22-18)14-5-4-7-19-10-14;;/h6,8-9,11,14,19H,4-5,7,10,12H2,1-3H3;2*1H. The van der Waals surface area contributed by atoms with Crippen LogP contribution < -0.4 is 10.2 Å². The fourth-order valence-corrected chi connectivity index (χ4v) is 4.06. The Balaban J connectivity index is 0.00000196. The summed E-state index contributed by atoms with van der Waals surface area (Å²) in [6.45, 7) is 4.36. The van der Waals surface area contributed by atoms with Crippen molar-refractivity contribution >= 4 is 40.6 Å². The lowest BCUT2D eigenvalue weighted by molar-refractivity contribution is 0.447. The number of nitrogens with zero attached hydrogens (tertiary/aromatic N) is 4. The molecular weight excluding hydrogens is 421 g/mol. The predicted octanol–water partition coefficient (Wildman–Crippen LogP) is 2.53. The molecule has 28 heavy (non-hydrogen) atoms. The van der Waals surface area contributed by atoms with E-state index in [1.54, 1.807) is 6.20 Å². The highest BCUT2D eigenvalue weighted by Crippen LogP contribution is 2.28. The van der Waals surface area contributed by atoms with Gasteiger partial charge in [0.15, 0.2) is 9.84 Å². The third-order valence-corrected chi connectivity index (χ3v) is 5.85. The topological polar surface area (TPSA) is 88.1 Å². The molecule has 0 bridgehead atoms. The molecule has 2 aromatic rings. The largest absolute Gasteiger partial charge is 0.340 e. The molecule has 0 amide bonds. The molecule has 3 heterocycles. The highest BCUT2D eigenvalue weighted by Gasteiger charge is 2.26. The fraction of sp³-hybridized carbons (Fsp3) is 0.500. The molecule has 10 heteroatoms. The maximum absolute atomic E-state index is 12.2. The lowest BCUT2D eigenvalue weighted by Gasteiger charge is -2.25. The summed E-state index contributed by atoms with van der Waals surface area (Å²) in [5, 5.41) is 3.33. The van der Waals surface area contributed by atoms with Gasteiger partial charge in [0.25, 0.3) is 0 Å². The number of aromatic nitrogens is 3. The lowest BCUT2D eigenvalue weighted by Crippen LogP contribution is -2.30. The summed E-state index contributed by atoms with van der Waals surface area (Å²) in [5.41, 5.74) is 2.87. The van der Waals surface area contributed by atoms with E-state index in [0.717, 1.165) is 37.1 Å². The van der Waals surface area contributed by atoms with E-state index >= 15 is 0 Å². The Bertz CT molecular complexity index is 889. The van der Waals surface area contributed by atoms with E-state index in [1.165, 1.54) is 12.5 Å². The summed E-state index contributed by atoms with van der Waals surface area (Å²) in [6.07, 6.45) is 8.21. The van der Waals surface area contributed by atoms with Crippen molar-refractivity contribution in [3.63, 3.8) is 0 Å². The summed E-state index contributed by atoms with van der Waals surface area (Å²) in [7, 11) is -1.46. The smallest absolute Gasteiger partial charge is 0.225 e. The highest BCUT2D eigenvalue weighted by molar-refractivity contribution is 7.90. The van der Waals surface area contributed by atoms with Gasteiger partial charge in [0.2, 0.25) is 5.95 Å². The third-order valence-electron chi connectivity index (χ3n) is 4.74. The van der Waals surface area contributed by atoms with Crippen molar-refractivity contribution in [1.29, 1.82) is 0 Å². The van der Waals surface area contributed by atoms with Gasteiger partial charge >= 0.3 is 0 Å². The van der Waals surface area contributed by atoms with Gasteiger partial charge in [-0.15, -0.1) is 24.8 Å². The van der Waals surface area contributed by atoms with Gasteiger partial charge in [-0.25, -0.2) is 18.4 Å². The van der Waals surface area contributed by atoms with Crippen molar-refractivity contribution in [2.24, 2.45) is 0 Å². The molecule has 3 rings (SSSR count). The molecule has 2 aromatic heterocycles. The van der Waals surface area contributed by atoms with Gasteiger partial charge in [-0.3, -0.25) is 4.98 Å². The first kappa shape index (κ1) is 24.6. The molecule has 0 spiro atoms. The molecule has 0 aliphatic carbocycles. The summed E-state index contributed by atoms with van der Waals surface area (Å²) >= 11 is 0. The van der Waals surface area contributed by atoms with Crippen molar-refractivity contribution in [2.45, 2.75) is 37.1 Å². The summed E-state index contributed by atoms with van der Waals surface area (Å²) in [6, 6.07) is 1.97. The van der Waals surface area contributed by atoms with Crippen LogP contribution >= 0.6 is 24.8 Å². The highest BCUT2D eigenvalue weighted by atomic mass is 35.5. The Morgan fingerprint density at radius 3 is 2.64 bits per heavy atom. The van der Waals surface area contributed by atoms with Gasteiger partial charge < -0.3 is 10.2 Å². The van der Waals surface area contributed by atoms with Crippen LogP contribution in [0.4, 0.5) is 5.95 Å². The van der Waals surface area contributed by atoms with E-state index in [4.69, 9.17) is 0 Å². The van der Waals surface area contributed by atoms with Crippen molar-refractivity contribution in [3.05, 3.63) is 41.5 Å². The second-order valence-corrected chi connectivity index (χ2v) is 8.88. The summed E-state index contributed by atoms with van der Waals surface area (Å²) in [5.74, 6) is 0.625. The molecule has 0 aromatic carbocycles. The van der Waals surface area contributed by atoms with E-state index in [2.05, 4.69) is 20.3 Å². The Hall–Kier alpha value is -1.48. The molecule has 0 radical (unpaired) electrons. The Kier molecular flexibility index (Phi) is 9.07. The first-order valence-electron chi connectivity index (χ1n) is 8.74. The molecule has 1 saturated heterocycles. The lowest BCUT2D eigenvalue weighted by atomic mass is 9.96. The molecule has 1 fully saturated rings. The average Bonchev–Trinajstić information content (AvgIpc) is 2.63. The van der Waals surface area contributed by atoms with E-state index in [0.29, 0.717) is 18.2 Å². The number of hydrogen-bond donors (Lipinski definition) is 1. The van der Waals surface area contributed by atoms with Crippen LogP contribution in [0.5, 0.6) is 0 Å². The molecule has 1 unspecified atom stereocenters. The minimum atomic E-state index is -3.37. The van der Waals surface area contributed by atoms with Crippen molar-refractivity contribution in [1.82, 2.24) is 20.3 Å². The second kappa shape index (κ2) is 10.3. The van der Waals surface area contributed by atoms with Crippen LogP contribution in [-0.2, 0) is 16.4 Å². The zero-order valence-corrected chi connectivity index (χ0v) is 18.7. The van der Waals surface area contributed by atoms with Crippen molar-refractivity contribution in [2.75, 3.05) is 31.3 Å².